The molecule has 0 saturated carbocycles. The van der Waals surface area contributed by atoms with Crippen LogP contribution in [0.5, 0.6) is 5.75 Å². The molecule has 2 aliphatic rings. The number of carboxylic acids is 1. The second-order valence-corrected chi connectivity index (χ2v) is 7.10. The van der Waals surface area contributed by atoms with Crippen LogP contribution in [0.2, 0.25) is 0 Å². The minimum absolute atomic E-state index is 0.0628. The van der Waals surface area contributed by atoms with E-state index in [0.29, 0.717) is 17.7 Å². The molecule has 0 aliphatic carbocycles. The van der Waals surface area contributed by atoms with Crippen molar-refractivity contribution in [3.05, 3.63) is 58.7 Å². The fourth-order valence-corrected chi connectivity index (χ4v) is 3.95. The first-order valence-corrected chi connectivity index (χ1v) is 8.51. The van der Waals surface area contributed by atoms with Crippen molar-refractivity contribution in [3.8, 4) is 5.75 Å². The van der Waals surface area contributed by atoms with Gasteiger partial charge in [0.1, 0.15) is 5.75 Å². The number of nitrogens with one attached hydrogen (secondary N) is 1. The van der Waals surface area contributed by atoms with E-state index in [-0.39, 0.29) is 17.6 Å². The Labute approximate surface area is 151 Å². The van der Waals surface area contributed by atoms with Crippen molar-refractivity contribution in [2.45, 2.75) is 39.0 Å². The van der Waals surface area contributed by atoms with Gasteiger partial charge in [0.2, 0.25) is 0 Å². The average Bonchev–Trinajstić information content (AvgIpc) is 2.56. The number of hydrogen-bond acceptors (Lipinski definition) is 4. The molecule has 2 heterocycles. The fourth-order valence-electron chi connectivity index (χ4n) is 3.95. The van der Waals surface area contributed by atoms with Crippen molar-refractivity contribution in [1.29, 1.82) is 0 Å². The third-order valence-corrected chi connectivity index (χ3v) is 5.19. The molecule has 26 heavy (non-hydrogen) atoms. The Morgan fingerprint density at radius 3 is 2.81 bits per heavy atom. The molecule has 0 radical (unpaired) electrons. The van der Waals surface area contributed by atoms with Crippen molar-refractivity contribution in [3.63, 3.8) is 0 Å². The molecule has 1 N–H and O–H groups in total. The van der Waals surface area contributed by atoms with Crippen LogP contribution in [0.1, 0.15) is 46.4 Å². The number of hydrogen-bond donors (Lipinski definition) is 1. The first-order chi connectivity index (χ1) is 12.3. The molecule has 2 amide bonds. The number of urea groups is 1. The zero-order valence-electron chi connectivity index (χ0n) is 14.8. The van der Waals surface area contributed by atoms with E-state index >= 15 is 0 Å². The smallest absolute Gasteiger partial charge is 0.325 e. The SMILES string of the molecule is Cc1ccc2c(c1)[C@H]1C[C@@](C)(O2)N(c2cccc(C(=O)[O-])c2C)C(=O)N1. The summed E-state index contributed by atoms with van der Waals surface area (Å²) >= 11 is 0. The van der Waals surface area contributed by atoms with Crippen molar-refractivity contribution in [2.24, 2.45) is 0 Å². The lowest BCUT2D eigenvalue weighted by Crippen LogP contribution is -2.65. The topological polar surface area (TPSA) is 81.7 Å². The van der Waals surface area contributed by atoms with Crippen molar-refractivity contribution >= 4 is 17.7 Å². The van der Waals surface area contributed by atoms with Gasteiger partial charge in [-0.15, -0.1) is 0 Å². The first-order valence-electron chi connectivity index (χ1n) is 8.51. The molecule has 2 bridgehead atoms. The van der Waals surface area contributed by atoms with Gasteiger partial charge in [0.25, 0.3) is 0 Å². The van der Waals surface area contributed by atoms with Crippen LogP contribution >= 0.6 is 0 Å². The van der Waals surface area contributed by atoms with E-state index in [9.17, 15) is 14.7 Å². The minimum atomic E-state index is -1.27. The van der Waals surface area contributed by atoms with Crippen LogP contribution < -0.4 is 20.1 Å². The monoisotopic (exact) mass is 351 g/mol. The summed E-state index contributed by atoms with van der Waals surface area (Å²) in [6.45, 7) is 5.52. The quantitative estimate of drug-likeness (QED) is 0.901. The van der Waals surface area contributed by atoms with Crippen molar-refractivity contribution in [1.82, 2.24) is 5.32 Å². The number of anilines is 1. The largest absolute Gasteiger partial charge is 0.545 e. The van der Waals surface area contributed by atoms with Crippen LogP contribution in [-0.4, -0.2) is 17.7 Å². The number of fused-ring (bicyclic) bond motifs is 4. The molecule has 2 atom stereocenters. The number of aromatic carboxylic acids is 1. The van der Waals surface area contributed by atoms with E-state index < -0.39 is 11.7 Å². The third-order valence-electron chi connectivity index (χ3n) is 5.19. The number of carbonyl (C=O) groups excluding carboxylic acids is 2. The molecule has 1 fully saturated rings. The van der Waals surface area contributed by atoms with Crippen LogP contribution in [0.25, 0.3) is 0 Å². The molecule has 134 valence electrons. The van der Waals surface area contributed by atoms with Gasteiger partial charge in [0.15, 0.2) is 5.72 Å². The molecule has 2 aromatic rings. The van der Waals surface area contributed by atoms with E-state index in [0.717, 1.165) is 16.9 Å². The number of rotatable bonds is 2. The Kier molecular flexibility index (Phi) is 3.47. The molecular weight excluding hydrogens is 332 g/mol. The lowest BCUT2D eigenvalue weighted by molar-refractivity contribution is -0.255. The van der Waals surface area contributed by atoms with E-state index in [4.69, 9.17) is 4.74 Å². The Balaban J connectivity index is 1.83. The zero-order valence-corrected chi connectivity index (χ0v) is 14.8. The summed E-state index contributed by atoms with van der Waals surface area (Å²) in [5, 5.41) is 14.4. The van der Waals surface area contributed by atoms with Gasteiger partial charge in [-0.2, -0.15) is 0 Å². The van der Waals surface area contributed by atoms with Crippen LogP contribution in [0.4, 0.5) is 10.5 Å². The van der Waals surface area contributed by atoms with Gasteiger partial charge in [-0.3, -0.25) is 4.90 Å². The second-order valence-electron chi connectivity index (χ2n) is 7.10. The maximum atomic E-state index is 12.9. The molecule has 6 heteroatoms. The number of benzene rings is 2. The molecule has 2 aromatic carbocycles. The van der Waals surface area contributed by atoms with Gasteiger partial charge in [0, 0.05) is 17.5 Å². The van der Waals surface area contributed by atoms with Crippen molar-refractivity contribution < 1.29 is 19.4 Å². The van der Waals surface area contributed by atoms with E-state index in [1.807, 2.05) is 32.0 Å². The Bertz CT molecular complexity index is 939. The summed E-state index contributed by atoms with van der Waals surface area (Å²) in [7, 11) is 0. The molecule has 4 rings (SSSR count). The van der Waals surface area contributed by atoms with E-state index in [2.05, 4.69) is 5.32 Å². The molecule has 6 nitrogen and oxygen atoms in total. The van der Waals surface area contributed by atoms with E-state index in [1.54, 1.807) is 19.1 Å². The standard InChI is InChI=1S/C20H20N2O4/c1-11-7-8-17-14(9-11)15-10-20(3,26-17)22(19(25)21-15)16-6-4-5-13(12(16)2)18(23)24/h4-9,15H,10H2,1-3H3,(H,21,25)(H,23,24)/p-1/t15-,20-/m1/s1. The number of ether oxygens (including phenoxy) is 1. The average molecular weight is 351 g/mol. The molecular formula is C20H19N2O4-. The number of carbonyl (C=O) groups is 2. The predicted octanol–water partition coefficient (Wildman–Crippen LogP) is 2.44. The van der Waals surface area contributed by atoms with Gasteiger partial charge in [-0.25, -0.2) is 4.79 Å². The number of nitrogens with zero attached hydrogens (tertiary/aromatic N) is 1. The Hall–Kier alpha value is -3.02. The van der Waals surface area contributed by atoms with Crippen molar-refractivity contribution in [2.75, 3.05) is 4.90 Å². The normalized spacial score (nSPS) is 23.7. The maximum Gasteiger partial charge on any atom is 0.325 e. The summed E-state index contributed by atoms with van der Waals surface area (Å²) in [4.78, 5) is 25.8. The lowest BCUT2D eigenvalue weighted by Gasteiger charge is -2.51. The predicted molar refractivity (Wildman–Crippen MR) is 94.1 cm³/mol. The van der Waals surface area contributed by atoms with Crippen LogP contribution in [0.3, 0.4) is 0 Å². The molecule has 0 aromatic heterocycles. The van der Waals surface area contributed by atoms with Crippen LogP contribution in [-0.2, 0) is 0 Å². The molecule has 1 saturated heterocycles. The second kappa shape index (κ2) is 5.49. The highest BCUT2D eigenvalue weighted by Gasteiger charge is 2.50. The summed E-state index contributed by atoms with van der Waals surface area (Å²) in [6, 6.07) is 10.3. The summed E-state index contributed by atoms with van der Waals surface area (Å²) in [5.74, 6) is -0.539. The first kappa shape index (κ1) is 16.4. The number of aryl methyl sites for hydroxylation is 1. The van der Waals surface area contributed by atoms with Gasteiger partial charge < -0.3 is 20.0 Å². The van der Waals surface area contributed by atoms with Gasteiger partial charge in [0.05, 0.1) is 17.7 Å². The molecule has 2 aliphatic heterocycles. The van der Waals surface area contributed by atoms with Gasteiger partial charge in [-0.05, 0) is 38.5 Å². The summed E-state index contributed by atoms with van der Waals surface area (Å²) in [6.07, 6.45) is 0.560. The number of carboxylic acid groups (broad SMARTS) is 1. The highest BCUT2D eigenvalue weighted by atomic mass is 16.5. The Morgan fingerprint density at radius 2 is 2.08 bits per heavy atom. The summed E-state index contributed by atoms with van der Waals surface area (Å²) in [5.41, 5.74) is 2.19. The third kappa shape index (κ3) is 2.33. The highest BCUT2D eigenvalue weighted by Crippen LogP contribution is 2.46. The molecule has 0 spiro atoms. The zero-order chi connectivity index (χ0) is 18.6. The summed E-state index contributed by atoms with van der Waals surface area (Å²) < 4.78 is 6.24. The van der Waals surface area contributed by atoms with E-state index in [1.165, 1.54) is 11.0 Å². The number of amides is 2. The van der Waals surface area contributed by atoms with Crippen LogP contribution in [0.15, 0.2) is 36.4 Å². The van der Waals surface area contributed by atoms with Crippen LogP contribution in [0, 0.1) is 13.8 Å². The lowest BCUT2D eigenvalue weighted by atomic mass is 9.89. The maximum absolute atomic E-state index is 12.9. The van der Waals surface area contributed by atoms with Gasteiger partial charge >= 0.3 is 6.03 Å². The minimum Gasteiger partial charge on any atom is -0.545 e. The Morgan fingerprint density at radius 1 is 1.31 bits per heavy atom. The molecule has 0 unspecified atom stereocenters. The fraction of sp³-hybridized carbons (Fsp3) is 0.300. The van der Waals surface area contributed by atoms with Gasteiger partial charge in [-0.1, -0.05) is 29.8 Å². The highest BCUT2D eigenvalue weighted by molar-refractivity contribution is 5.98.